The van der Waals surface area contributed by atoms with Gasteiger partial charge in [0.15, 0.2) is 0 Å². The van der Waals surface area contributed by atoms with Crippen LogP contribution in [-0.2, 0) is 6.42 Å². The number of hydrogen-bond donors (Lipinski definition) is 1. The molecule has 1 unspecified atom stereocenters. The van der Waals surface area contributed by atoms with Gasteiger partial charge in [-0.15, -0.1) is 0 Å². The standard InChI is InChI=1S/C17H31N3/c1-4-15(5-2)20-12-9-14(19-20)13-16(18)17(6-3)10-7-8-11-17/h9,12,15-16H,4-8,10-11,13,18H2,1-3H3. The Morgan fingerprint density at radius 2 is 1.90 bits per heavy atom. The fourth-order valence-corrected chi connectivity index (χ4v) is 3.86. The average molecular weight is 277 g/mol. The predicted octanol–water partition coefficient (Wildman–Crippen LogP) is 4.08. The van der Waals surface area contributed by atoms with E-state index >= 15 is 0 Å². The van der Waals surface area contributed by atoms with E-state index in [4.69, 9.17) is 10.8 Å². The van der Waals surface area contributed by atoms with Crippen molar-refractivity contribution in [2.24, 2.45) is 11.1 Å². The Hall–Kier alpha value is -0.830. The highest BCUT2D eigenvalue weighted by Gasteiger charge is 2.37. The molecular formula is C17H31N3. The minimum atomic E-state index is 0.264. The fourth-order valence-electron chi connectivity index (χ4n) is 3.86. The number of nitrogens with two attached hydrogens (primary N) is 1. The summed E-state index contributed by atoms with van der Waals surface area (Å²) in [4.78, 5) is 0. The minimum Gasteiger partial charge on any atom is -0.327 e. The molecule has 0 saturated heterocycles. The summed E-state index contributed by atoms with van der Waals surface area (Å²) in [5.74, 6) is 0. The third-order valence-electron chi connectivity index (χ3n) is 5.50. The SMILES string of the molecule is CCC(CC)n1ccc(CC(N)C2(CC)CCCC2)n1. The molecule has 0 amide bonds. The quantitative estimate of drug-likeness (QED) is 0.816. The van der Waals surface area contributed by atoms with Crippen molar-refractivity contribution >= 4 is 0 Å². The van der Waals surface area contributed by atoms with Gasteiger partial charge in [0.1, 0.15) is 0 Å². The topological polar surface area (TPSA) is 43.8 Å². The average Bonchev–Trinajstić information content (AvgIpc) is 3.10. The summed E-state index contributed by atoms with van der Waals surface area (Å²) in [7, 11) is 0. The van der Waals surface area contributed by atoms with E-state index in [2.05, 4.69) is 37.7 Å². The predicted molar refractivity (Wildman–Crippen MR) is 84.7 cm³/mol. The monoisotopic (exact) mass is 277 g/mol. The van der Waals surface area contributed by atoms with Crippen molar-refractivity contribution < 1.29 is 0 Å². The van der Waals surface area contributed by atoms with Gasteiger partial charge in [-0.3, -0.25) is 4.68 Å². The first kappa shape index (κ1) is 15.6. The third kappa shape index (κ3) is 3.08. The van der Waals surface area contributed by atoms with Gasteiger partial charge in [0, 0.05) is 18.7 Å². The molecule has 3 heteroatoms. The van der Waals surface area contributed by atoms with Crippen molar-refractivity contribution in [3.05, 3.63) is 18.0 Å². The van der Waals surface area contributed by atoms with E-state index in [0.717, 1.165) is 19.3 Å². The maximum Gasteiger partial charge on any atom is 0.0640 e. The lowest BCUT2D eigenvalue weighted by Gasteiger charge is -2.34. The zero-order valence-corrected chi connectivity index (χ0v) is 13.4. The van der Waals surface area contributed by atoms with Crippen LogP contribution in [0.25, 0.3) is 0 Å². The van der Waals surface area contributed by atoms with Gasteiger partial charge in [-0.25, -0.2) is 0 Å². The van der Waals surface area contributed by atoms with Gasteiger partial charge in [-0.05, 0) is 43.6 Å². The molecule has 1 fully saturated rings. The summed E-state index contributed by atoms with van der Waals surface area (Å²) in [6.07, 6.45) is 11.9. The fraction of sp³-hybridized carbons (Fsp3) is 0.824. The van der Waals surface area contributed by atoms with Gasteiger partial charge >= 0.3 is 0 Å². The highest BCUT2D eigenvalue weighted by Crippen LogP contribution is 2.43. The molecule has 1 aromatic rings. The maximum absolute atomic E-state index is 6.56. The molecule has 20 heavy (non-hydrogen) atoms. The first-order valence-corrected chi connectivity index (χ1v) is 8.44. The Morgan fingerprint density at radius 1 is 1.25 bits per heavy atom. The van der Waals surface area contributed by atoms with Crippen molar-refractivity contribution in [1.82, 2.24) is 9.78 Å². The second kappa shape index (κ2) is 6.75. The molecule has 0 spiro atoms. The number of rotatable bonds is 7. The second-order valence-corrected chi connectivity index (χ2v) is 6.49. The highest BCUT2D eigenvalue weighted by molar-refractivity contribution is 5.05. The Kier molecular flexibility index (Phi) is 5.25. The molecule has 0 bridgehead atoms. The molecule has 3 nitrogen and oxygen atoms in total. The normalized spacial score (nSPS) is 19.6. The Labute approximate surface area is 123 Å². The van der Waals surface area contributed by atoms with E-state index in [0.29, 0.717) is 11.5 Å². The first-order chi connectivity index (χ1) is 9.65. The molecule has 2 N–H and O–H groups in total. The van der Waals surface area contributed by atoms with Crippen molar-refractivity contribution in [1.29, 1.82) is 0 Å². The Bertz CT molecular complexity index is 400. The lowest BCUT2D eigenvalue weighted by atomic mass is 9.75. The molecule has 1 aromatic heterocycles. The summed E-state index contributed by atoms with van der Waals surface area (Å²) in [6.45, 7) is 6.76. The van der Waals surface area contributed by atoms with Crippen LogP contribution in [0.4, 0.5) is 0 Å². The zero-order chi connectivity index (χ0) is 14.6. The maximum atomic E-state index is 6.56. The van der Waals surface area contributed by atoms with Gasteiger partial charge in [0.25, 0.3) is 0 Å². The molecule has 0 aromatic carbocycles. The molecule has 2 rings (SSSR count). The van der Waals surface area contributed by atoms with E-state index in [1.807, 2.05) is 0 Å². The largest absolute Gasteiger partial charge is 0.327 e. The number of aromatic nitrogens is 2. The van der Waals surface area contributed by atoms with Gasteiger partial charge in [-0.1, -0.05) is 33.6 Å². The zero-order valence-electron chi connectivity index (χ0n) is 13.4. The summed E-state index contributed by atoms with van der Waals surface area (Å²) < 4.78 is 2.13. The van der Waals surface area contributed by atoms with Crippen LogP contribution in [0.5, 0.6) is 0 Å². The van der Waals surface area contributed by atoms with Crippen LogP contribution < -0.4 is 5.73 Å². The number of nitrogens with zero attached hydrogens (tertiary/aromatic N) is 2. The summed E-state index contributed by atoms with van der Waals surface area (Å²) in [6, 6.07) is 2.96. The first-order valence-electron chi connectivity index (χ1n) is 8.44. The van der Waals surface area contributed by atoms with E-state index in [9.17, 15) is 0 Å². The summed E-state index contributed by atoms with van der Waals surface area (Å²) >= 11 is 0. The molecule has 0 aliphatic heterocycles. The smallest absolute Gasteiger partial charge is 0.0640 e. The van der Waals surface area contributed by atoms with Crippen molar-refractivity contribution in [3.8, 4) is 0 Å². The third-order valence-corrected chi connectivity index (χ3v) is 5.50. The Morgan fingerprint density at radius 3 is 2.45 bits per heavy atom. The molecule has 1 aliphatic carbocycles. The van der Waals surface area contributed by atoms with E-state index in [1.165, 1.54) is 37.8 Å². The molecule has 1 aliphatic rings. The van der Waals surface area contributed by atoms with E-state index < -0.39 is 0 Å². The van der Waals surface area contributed by atoms with Crippen LogP contribution in [0.1, 0.15) is 77.5 Å². The second-order valence-electron chi connectivity index (χ2n) is 6.49. The summed E-state index contributed by atoms with van der Waals surface area (Å²) in [5, 5.41) is 4.77. The van der Waals surface area contributed by atoms with Crippen LogP contribution in [0.15, 0.2) is 12.3 Å². The van der Waals surface area contributed by atoms with Crippen molar-refractivity contribution in [3.63, 3.8) is 0 Å². The Balaban J connectivity index is 2.02. The van der Waals surface area contributed by atoms with Gasteiger partial charge in [0.05, 0.1) is 11.7 Å². The lowest BCUT2D eigenvalue weighted by Crippen LogP contribution is -2.41. The molecule has 114 valence electrons. The molecule has 1 heterocycles. The highest BCUT2D eigenvalue weighted by atomic mass is 15.3. The van der Waals surface area contributed by atoms with Crippen molar-refractivity contribution in [2.75, 3.05) is 0 Å². The molecular weight excluding hydrogens is 246 g/mol. The van der Waals surface area contributed by atoms with Gasteiger partial charge < -0.3 is 5.73 Å². The van der Waals surface area contributed by atoms with Crippen LogP contribution in [0.3, 0.4) is 0 Å². The molecule has 1 saturated carbocycles. The summed E-state index contributed by atoms with van der Waals surface area (Å²) in [5.41, 5.74) is 8.10. The van der Waals surface area contributed by atoms with Crippen LogP contribution in [0.2, 0.25) is 0 Å². The van der Waals surface area contributed by atoms with Crippen LogP contribution >= 0.6 is 0 Å². The van der Waals surface area contributed by atoms with Gasteiger partial charge in [-0.2, -0.15) is 5.10 Å². The minimum absolute atomic E-state index is 0.264. The van der Waals surface area contributed by atoms with Crippen LogP contribution in [-0.4, -0.2) is 15.8 Å². The van der Waals surface area contributed by atoms with E-state index in [1.54, 1.807) is 0 Å². The number of hydrogen-bond acceptors (Lipinski definition) is 2. The lowest BCUT2D eigenvalue weighted by molar-refractivity contribution is 0.217. The molecule has 1 atom stereocenters. The van der Waals surface area contributed by atoms with Gasteiger partial charge in [0.2, 0.25) is 0 Å². The van der Waals surface area contributed by atoms with Crippen LogP contribution in [0, 0.1) is 5.41 Å². The molecule has 0 radical (unpaired) electrons. The van der Waals surface area contributed by atoms with Crippen molar-refractivity contribution in [2.45, 2.75) is 84.2 Å². The van der Waals surface area contributed by atoms with E-state index in [-0.39, 0.29) is 6.04 Å².